The molecule has 0 aliphatic heterocycles. The quantitative estimate of drug-likeness (QED) is 0.629. The van der Waals surface area contributed by atoms with E-state index in [4.69, 9.17) is 4.74 Å². The number of rotatable bonds is 6. The van der Waals surface area contributed by atoms with Crippen molar-refractivity contribution in [3.05, 3.63) is 45.7 Å². The van der Waals surface area contributed by atoms with E-state index in [0.29, 0.717) is 12.5 Å². The summed E-state index contributed by atoms with van der Waals surface area (Å²) in [5, 5.41) is 9.51. The van der Waals surface area contributed by atoms with E-state index in [-0.39, 0.29) is 11.6 Å². The van der Waals surface area contributed by atoms with Crippen molar-refractivity contribution in [3.8, 4) is 5.75 Å². The molecule has 0 bridgehead atoms. The van der Waals surface area contributed by atoms with Crippen LogP contribution in [0.2, 0.25) is 0 Å². The molecule has 1 heterocycles. The Morgan fingerprint density at radius 1 is 1.39 bits per heavy atom. The molecule has 0 radical (unpaired) electrons. The van der Waals surface area contributed by atoms with E-state index >= 15 is 0 Å². The fourth-order valence-corrected chi connectivity index (χ4v) is 2.71. The average molecular weight is 336 g/mol. The van der Waals surface area contributed by atoms with Crippen molar-refractivity contribution < 1.29 is 9.13 Å². The van der Waals surface area contributed by atoms with E-state index in [1.807, 2.05) is 13.0 Å². The largest absolute Gasteiger partial charge is 0.494 e. The number of thiazole rings is 1. The summed E-state index contributed by atoms with van der Waals surface area (Å²) in [7, 11) is 3.16. The van der Waals surface area contributed by atoms with Crippen molar-refractivity contribution in [3.63, 3.8) is 0 Å². The summed E-state index contributed by atoms with van der Waals surface area (Å²) in [5.74, 6) is 0.552. The minimum Gasteiger partial charge on any atom is -0.494 e. The van der Waals surface area contributed by atoms with Gasteiger partial charge in [-0.25, -0.2) is 9.37 Å². The third kappa shape index (κ3) is 5.21. The Morgan fingerprint density at radius 2 is 2.22 bits per heavy atom. The van der Waals surface area contributed by atoms with Gasteiger partial charge in [0.2, 0.25) is 0 Å². The maximum atomic E-state index is 13.6. The highest BCUT2D eigenvalue weighted by Gasteiger charge is 2.05. The maximum absolute atomic E-state index is 13.6. The Hall–Kier alpha value is -2.15. The molecule has 2 N–H and O–H groups in total. The van der Waals surface area contributed by atoms with Gasteiger partial charge in [0.05, 0.1) is 17.8 Å². The molecule has 0 aliphatic carbocycles. The lowest BCUT2D eigenvalue weighted by atomic mass is 10.2. The van der Waals surface area contributed by atoms with Crippen LogP contribution in [0.3, 0.4) is 0 Å². The van der Waals surface area contributed by atoms with Gasteiger partial charge in [-0.3, -0.25) is 4.99 Å². The van der Waals surface area contributed by atoms with Crippen LogP contribution in [-0.2, 0) is 13.0 Å². The fourth-order valence-electron chi connectivity index (χ4n) is 2.06. The van der Waals surface area contributed by atoms with Gasteiger partial charge < -0.3 is 15.4 Å². The van der Waals surface area contributed by atoms with Crippen molar-refractivity contribution in [1.29, 1.82) is 0 Å². The maximum Gasteiger partial charge on any atom is 0.191 e. The summed E-state index contributed by atoms with van der Waals surface area (Å²) >= 11 is 1.65. The van der Waals surface area contributed by atoms with Crippen LogP contribution >= 0.6 is 11.3 Å². The molecule has 1 aromatic carbocycles. The number of nitrogens with zero attached hydrogens (tertiary/aromatic N) is 2. The molecule has 2 rings (SSSR count). The van der Waals surface area contributed by atoms with Crippen LogP contribution < -0.4 is 15.4 Å². The minimum atomic E-state index is -0.367. The fraction of sp³-hybridized carbons (Fsp3) is 0.375. The number of benzene rings is 1. The van der Waals surface area contributed by atoms with E-state index in [1.165, 1.54) is 13.2 Å². The third-order valence-electron chi connectivity index (χ3n) is 3.24. The first-order valence-corrected chi connectivity index (χ1v) is 8.18. The number of hydrogen-bond donors (Lipinski definition) is 2. The first-order valence-electron chi connectivity index (χ1n) is 7.30. The summed E-state index contributed by atoms with van der Waals surface area (Å²) in [6.07, 6.45) is 0.836. The predicted octanol–water partition coefficient (Wildman–Crippen LogP) is 2.51. The van der Waals surface area contributed by atoms with Crippen LogP contribution in [0.1, 0.15) is 16.3 Å². The van der Waals surface area contributed by atoms with Gasteiger partial charge >= 0.3 is 0 Å². The number of ether oxygens (including phenoxy) is 1. The van der Waals surface area contributed by atoms with Crippen molar-refractivity contribution in [1.82, 2.24) is 15.6 Å². The number of hydrogen-bond acceptors (Lipinski definition) is 4. The molecule has 23 heavy (non-hydrogen) atoms. The number of aromatic nitrogens is 1. The van der Waals surface area contributed by atoms with E-state index < -0.39 is 0 Å². The summed E-state index contributed by atoms with van der Waals surface area (Å²) in [4.78, 5) is 8.57. The lowest BCUT2D eigenvalue weighted by Gasteiger charge is -2.12. The highest BCUT2D eigenvalue weighted by molar-refractivity contribution is 7.09. The number of aliphatic imine (C=N–C) groups is 1. The lowest BCUT2D eigenvalue weighted by Crippen LogP contribution is -2.37. The Bertz CT molecular complexity index is 672. The summed E-state index contributed by atoms with van der Waals surface area (Å²) in [5.41, 5.74) is 1.90. The van der Waals surface area contributed by atoms with Gasteiger partial charge in [0.25, 0.3) is 0 Å². The van der Waals surface area contributed by atoms with Gasteiger partial charge in [0.15, 0.2) is 17.5 Å². The molecule has 5 nitrogen and oxygen atoms in total. The summed E-state index contributed by atoms with van der Waals surface area (Å²) < 4.78 is 18.6. The molecular weight excluding hydrogens is 315 g/mol. The van der Waals surface area contributed by atoms with Crippen LogP contribution in [-0.4, -0.2) is 31.6 Å². The molecule has 0 amide bonds. The summed E-state index contributed by atoms with van der Waals surface area (Å²) in [6.45, 7) is 3.21. The SMILES string of the molecule is CN=C(NCCc1csc(C)n1)NCc1ccc(OC)c(F)c1. The monoisotopic (exact) mass is 336 g/mol. The normalized spacial score (nSPS) is 11.4. The lowest BCUT2D eigenvalue weighted by molar-refractivity contribution is 0.386. The van der Waals surface area contributed by atoms with Crippen LogP contribution in [0.5, 0.6) is 5.75 Å². The second kappa shape index (κ2) is 8.47. The molecule has 0 fully saturated rings. The topological polar surface area (TPSA) is 58.5 Å². The number of nitrogens with one attached hydrogen (secondary N) is 2. The van der Waals surface area contributed by atoms with Gasteiger partial charge in [0, 0.05) is 31.9 Å². The van der Waals surface area contributed by atoms with Crippen molar-refractivity contribution in [2.24, 2.45) is 4.99 Å². The summed E-state index contributed by atoms with van der Waals surface area (Å²) in [6, 6.07) is 4.89. The van der Waals surface area contributed by atoms with Gasteiger partial charge in [-0.05, 0) is 24.6 Å². The second-order valence-corrected chi connectivity index (χ2v) is 5.99. The zero-order valence-corrected chi connectivity index (χ0v) is 14.3. The van der Waals surface area contributed by atoms with Crippen LogP contribution in [0, 0.1) is 12.7 Å². The Balaban J connectivity index is 1.79. The smallest absolute Gasteiger partial charge is 0.191 e. The van der Waals surface area contributed by atoms with Crippen molar-refractivity contribution in [2.75, 3.05) is 20.7 Å². The van der Waals surface area contributed by atoms with Crippen molar-refractivity contribution in [2.45, 2.75) is 19.9 Å². The van der Waals surface area contributed by atoms with Crippen LogP contribution in [0.4, 0.5) is 4.39 Å². The highest BCUT2D eigenvalue weighted by Crippen LogP contribution is 2.17. The van der Waals surface area contributed by atoms with E-state index in [0.717, 1.165) is 29.2 Å². The molecule has 124 valence electrons. The van der Waals surface area contributed by atoms with Gasteiger partial charge in [-0.2, -0.15) is 0 Å². The van der Waals surface area contributed by atoms with E-state index in [9.17, 15) is 4.39 Å². The molecule has 0 unspecified atom stereocenters. The predicted molar refractivity (Wildman–Crippen MR) is 91.7 cm³/mol. The van der Waals surface area contributed by atoms with Gasteiger partial charge in [0.1, 0.15) is 0 Å². The Kier molecular flexibility index (Phi) is 6.34. The number of methoxy groups -OCH3 is 1. The average Bonchev–Trinajstić information content (AvgIpc) is 2.96. The third-order valence-corrected chi connectivity index (χ3v) is 4.06. The zero-order valence-electron chi connectivity index (χ0n) is 13.5. The van der Waals surface area contributed by atoms with Crippen molar-refractivity contribution >= 4 is 17.3 Å². The minimum absolute atomic E-state index is 0.245. The molecule has 7 heteroatoms. The number of aryl methyl sites for hydroxylation is 1. The number of halogens is 1. The highest BCUT2D eigenvalue weighted by atomic mass is 32.1. The van der Waals surface area contributed by atoms with E-state index in [2.05, 4.69) is 26.0 Å². The van der Waals surface area contributed by atoms with Crippen LogP contribution in [0.15, 0.2) is 28.6 Å². The molecular formula is C16H21FN4OS. The molecule has 0 spiro atoms. The standard InChI is InChI=1S/C16H21FN4OS/c1-11-21-13(10-23-11)6-7-19-16(18-2)20-9-12-4-5-15(22-3)14(17)8-12/h4-5,8,10H,6-7,9H2,1-3H3,(H2,18,19,20). The first kappa shape index (κ1) is 17.2. The molecule has 0 atom stereocenters. The molecule has 2 aromatic rings. The Labute approximate surface area is 139 Å². The molecule has 1 aromatic heterocycles. The molecule has 0 saturated carbocycles. The number of guanidine groups is 1. The van der Waals surface area contributed by atoms with Gasteiger partial charge in [-0.1, -0.05) is 6.07 Å². The van der Waals surface area contributed by atoms with Gasteiger partial charge in [-0.15, -0.1) is 11.3 Å². The molecule has 0 aliphatic rings. The van der Waals surface area contributed by atoms with Crippen LogP contribution in [0.25, 0.3) is 0 Å². The Morgan fingerprint density at radius 3 is 2.83 bits per heavy atom. The second-order valence-electron chi connectivity index (χ2n) is 4.93. The molecule has 0 saturated heterocycles. The zero-order chi connectivity index (χ0) is 16.7. The first-order chi connectivity index (χ1) is 11.1. The van der Waals surface area contributed by atoms with E-state index in [1.54, 1.807) is 24.5 Å².